The molecule has 0 atom stereocenters. The van der Waals surface area contributed by atoms with Gasteiger partial charge < -0.3 is 10.5 Å². The summed E-state index contributed by atoms with van der Waals surface area (Å²) >= 11 is 1.36. The van der Waals surface area contributed by atoms with Crippen LogP contribution in [-0.2, 0) is 4.74 Å². The van der Waals surface area contributed by atoms with Crippen molar-refractivity contribution < 1.29 is 9.53 Å². The zero-order valence-corrected chi connectivity index (χ0v) is 9.70. The fourth-order valence-corrected chi connectivity index (χ4v) is 1.74. The molecule has 0 aliphatic heterocycles. The monoisotopic (exact) mass is 213 g/mol. The van der Waals surface area contributed by atoms with Gasteiger partial charge >= 0.3 is 5.97 Å². The Kier molecular flexibility index (Phi) is 2.85. The molecule has 0 aliphatic rings. The maximum Gasteiger partial charge on any atom is 0.348 e. The third-order valence-corrected chi connectivity index (χ3v) is 2.60. The van der Waals surface area contributed by atoms with E-state index in [1.54, 1.807) is 6.07 Å². The molecule has 2 N–H and O–H groups in total. The molecule has 0 saturated carbocycles. The molecule has 0 unspecified atom stereocenters. The van der Waals surface area contributed by atoms with Crippen LogP contribution >= 0.6 is 11.3 Å². The summed E-state index contributed by atoms with van der Waals surface area (Å²) in [6, 6.07) is 1.66. The number of nitrogen functional groups attached to an aromatic ring is 1. The Bertz CT molecular complexity index is 330. The van der Waals surface area contributed by atoms with Gasteiger partial charge in [0, 0.05) is 10.6 Å². The molecular weight excluding hydrogens is 198 g/mol. The summed E-state index contributed by atoms with van der Waals surface area (Å²) in [5.41, 5.74) is 5.84. The third kappa shape index (κ3) is 2.73. The molecule has 14 heavy (non-hydrogen) atoms. The Balaban J connectivity index is 2.80. The van der Waals surface area contributed by atoms with Crippen LogP contribution in [0.4, 0.5) is 5.69 Å². The van der Waals surface area contributed by atoms with Gasteiger partial charge in [-0.05, 0) is 33.8 Å². The first-order valence-electron chi connectivity index (χ1n) is 4.39. The minimum Gasteiger partial charge on any atom is -0.456 e. The maximum absolute atomic E-state index is 11.6. The summed E-state index contributed by atoms with van der Waals surface area (Å²) < 4.78 is 5.21. The Hall–Kier alpha value is -1.03. The van der Waals surface area contributed by atoms with Crippen molar-refractivity contribution in [2.75, 3.05) is 5.73 Å². The van der Waals surface area contributed by atoms with Crippen LogP contribution in [0.25, 0.3) is 0 Å². The molecule has 1 heterocycles. The highest BCUT2D eigenvalue weighted by Crippen LogP contribution is 2.25. The zero-order valence-electron chi connectivity index (χ0n) is 8.88. The number of nitrogens with two attached hydrogens (primary N) is 1. The minimum atomic E-state index is -0.455. The van der Waals surface area contributed by atoms with E-state index < -0.39 is 5.60 Å². The summed E-state index contributed by atoms with van der Waals surface area (Å²) in [5, 5.41) is 0. The highest BCUT2D eigenvalue weighted by Gasteiger charge is 2.19. The molecule has 0 fully saturated rings. The predicted molar refractivity (Wildman–Crippen MR) is 58.6 cm³/mol. The van der Waals surface area contributed by atoms with Gasteiger partial charge in [0.15, 0.2) is 0 Å². The number of ether oxygens (including phenoxy) is 1. The van der Waals surface area contributed by atoms with E-state index in [1.165, 1.54) is 11.3 Å². The number of carbonyl (C=O) groups is 1. The number of aryl methyl sites for hydroxylation is 1. The molecule has 1 aromatic rings. The van der Waals surface area contributed by atoms with E-state index in [9.17, 15) is 4.79 Å². The number of hydrogen-bond acceptors (Lipinski definition) is 4. The second-order valence-corrected chi connectivity index (χ2v) is 5.38. The van der Waals surface area contributed by atoms with Crippen LogP contribution < -0.4 is 5.73 Å². The van der Waals surface area contributed by atoms with Gasteiger partial charge in [0.05, 0.1) is 0 Å². The number of rotatable bonds is 1. The second-order valence-electron chi connectivity index (χ2n) is 4.12. The molecule has 0 spiro atoms. The first kappa shape index (κ1) is 11.0. The first-order valence-corrected chi connectivity index (χ1v) is 5.20. The number of esters is 1. The topological polar surface area (TPSA) is 52.3 Å². The lowest BCUT2D eigenvalue weighted by atomic mass is 10.2. The van der Waals surface area contributed by atoms with Crippen LogP contribution in [0.15, 0.2) is 6.07 Å². The maximum atomic E-state index is 11.6. The second kappa shape index (κ2) is 3.61. The van der Waals surface area contributed by atoms with Crippen LogP contribution in [0, 0.1) is 6.92 Å². The van der Waals surface area contributed by atoms with E-state index in [0.717, 1.165) is 4.88 Å². The zero-order chi connectivity index (χ0) is 10.9. The molecule has 4 heteroatoms. The summed E-state index contributed by atoms with van der Waals surface area (Å²) in [4.78, 5) is 13.1. The van der Waals surface area contributed by atoms with E-state index in [1.807, 2.05) is 27.7 Å². The Labute approximate surface area is 87.9 Å². The molecular formula is C10H15NO2S. The van der Waals surface area contributed by atoms with E-state index >= 15 is 0 Å². The SMILES string of the molecule is Cc1sc(C(=O)OC(C)(C)C)cc1N. The quantitative estimate of drug-likeness (QED) is 0.729. The number of carbonyl (C=O) groups excluding carboxylic acids is 1. The molecule has 0 radical (unpaired) electrons. The molecule has 0 bridgehead atoms. The van der Waals surface area contributed by atoms with Crippen LogP contribution in [0.3, 0.4) is 0 Å². The molecule has 0 aromatic carbocycles. The third-order valence-electron chi connectivity index (χ3n) is 1.56. The van der Waals surface area contributed by atoms with Gasteiger partial charge in [-0.1, -0.05) is 0 Å². The standard InChI is InChI=1S/C10H15NO2S/c1-6-7(11)5-8(14-6)9(12)13-10(2,3)4/h5H,11H2,1-4H3. The summed E-state index contributed by atoms with van der Waals surface area (Å²) in [6.45, 7) is 7.41. The van der Waals surface area contributed by atoms with Gasteiger partial charge in [-0.15, -0.1) is 11.3 Å². The van der Waals surface area contributed by atoms with Crippen LogP contribution in [-0.4, -0.2) is 11.6 Å². The summed E-state index contributed by atoms with van der Waals surface area (Å²) in [5.74, 6) is -0.303. The average Bonchev–Trinajstić information content (AvgIpc) is 2.28. The van der Waals surface area contributed by atoms with Gasteiger partial charge in [-0.2, -0.15) is 0 Å². The van der Waals surface area contributed by atoms with Crippen molar-refractivity contribution in [3.63, 3.8) is 0 Å². The van der Waals surface area contributed by atoms with Gasteiger partial charge in [0.1, 0.15) is 10.5 Å². The minimum absolute atomic E-state index is 0.303. The predicted octanol–water partition coefficient (Wildman–Crippen LogP) is 2.59. The fraction of sp³-hybridized carbons (Fsp3) is 0.500. The van der Waals surface area contributed by atoms with Crippen molar-refractivity contribution in [2.45, 2.75) is 33.3 Å². The van der Waals surface area contributed by atoms with E-state index in [4.69, 9.17) is 10.5 Å². The van der Waals surface area contributed by atoms with Crippen molar-refractivity contribution in [3.05, 3.63) is 15.8 Å². The van der Waals surface area contributed by atoms with Crippen LogP contribution in [0.1, 0.15) is 35.3 Å². The lowest BCUT2D eigenvalue weighted by Crippen LogP contribution is -2.23. The van der Waals surface area contributed by atoms with Crippen molar-refractivity contribution in [2.24, 2.45) is 0 Å². The lowest BCUT2D eigenvalue weighted by Gasteiger charge is -2.18. The van der Waals surface area contributed by atoms with E-state index in [2.05, 4.69) is 0 Å². The Morgan fingerprint density at radius 1 is 1.50 bits per heavy atom. The smallest absolute Gasteiger partial charge is 0.348 e. The highest BCUT2D eigenvalue weighted by atomic mass is 32.1. The van der Waals surface area contributed by atoms with E-state index in [0.29, 0.717) is 10.6 Å². The van der Waals surface area contributed by atoms with Crippen molar-refractivity contribution in [3.8, 4) is 0 Å². The van der Waals surface area contributed by atoms with Gasteiger partial charge in [0.2, 0.25) is 0 Å². The Morgan fingerprint density at radius 3 is 2.43 bits per heavy atom. The molecule has 0 saturated heterocycles. The van der Waals surface area contributed by atoms with Crippen LogP contribution in [0.5, 0.6) is 0 Å². The van der Waals surface area contributed by atoms with Gasteiger partial charge in [-0.3, -0.25) is 0 Å². The van der Waals surface area contributed by atoms with Crippen molar-refractivity contribution in [1.82, 2.24) is 0 Å². The molecule has 1 aromatic heterocycles. The number of anilines is 1. The first-order chi connectivity index (χ1) is 6.29. The van der Waals surface area contributed by atoms with Crippen molar-refractivity contribution in [1.29, 1.82) is 0 Å². The number of hydrogen-bond donors (Lipinski definition) is 1. The summed E-state index contributed by atoms with van der Waals surface area (Å²) in [6.07, 6.45) is 0. The summed E-state index contributed by atoms with van der Waals surface area (Å²) in [7, 11) is 0. The van der Waals surface area contributed by atoms with Crippen molar-refractivity contribution >= 4 is 23.0 Å². The normalized spacial score (nSPS) is 11.4. The van der Waals surface area contributed by atoms with E-state index in [-0.39, 0.29) is 5.97 Å². The fourth-order valence-electron chi connectivity index (χ4n) is 0.925. The largest absolute Gasteiger partial charge is 0.456 e. The van der Waals surface area contributed by atoms with Gasteiger partial charge in [0.25, 0.3) is 0 Å². The molecule has 78 valence electrons. The molecule has 0 aliphatic carbocycles. The highest BCUT2D eigenvalue weighted by molar-refractivity contribution is 7.14. The molecule has 1 rings (SSSR count). The molecule has 3 nitrogen and oxygen atoms in total. The van der Waals surface area contributed by atoms with Crippen LogP contribution in [0.2, 0.25) is 0 Å². The average molecular weight is 213 g/mol. The number of thiophene rings is 1. The van der Waals surface area contributed by atoms with Gasteiger partial charge in [-0.25, -0.2) is 4.79 Å². The lowest BCUT2D eigenvalue weighted by molar-refractivity contribution is 0.00753. The Morgan fingerprint density at radius 2 is 2.07 bits per heavy atom. The molecule has 0 amide bonds.